The van der Waals surface area contributed by atoms with Crippen molar-refractivity contribution in [2.45, 2.75) is 38.3 Å². The van der Waals surface area contributed by atoms with Crippen molar-refractivity contribution >= 4 is 12.4 Å². The Morgan fingerprint density at radius 1 is 0.846 bits per heavy atom. The minimum Gasteiger partial charge on any atom is -0.494 e. The molecule has 1 unspecified atom stereocenters. The van der Waals surface area contributed by atoms with Crippen LogP contribution in [0.25, 0.3) is 0 Å². The van der Waals surface area contributed by atoms with Crippen molar-refractivity contribution in [3.63, 3.8) is 0 Å². The van der Waals surface area contributed by atoms with Crippen LogP contribution >= 0.6 is 12.4 Å². The van der Waals surface area contributed by atoms with Gasteiger partial charge in [-0.1, -0.05) is 30.3 Å². The number of ether oxygens (including phenoxy) is 2. The number of rotatable bonds is 7. The molecule has 3 nitrogen and oxygen atoms in total. The number of nitrogens with zero attached hydrogens (tertiary/aromatic N) is 1. The molecule has 0 saturated carbocycles. The summed E-state index contributed by atoms with van der Waals surface area (Å²) in [5.74, 6) is 2.78. The van der Waals surface area contributed by atoms with Crippen molar-refractivity contribution in [1.29, 1.82) is 0 Å². The molecule has 26 heavy (non-hydrogen) atoms. The number of fused-ring (bicyclic) bond motifs is 3. The molecule has 2 aromatic rings. The van der Waals surface area contributed by atoms with Crippen molar-refractivity contribution < 1.29 is 9.47 Å². The Kier molecular flexibility index (Phi) is 6.81. The maximum absolute atomic E-state index is 5.95. The largest absolute Gasteiger partial charge is 0.494 e. The first-order valence-electron chi connectivity index (χ1n) is 9.50. The second kappa shape index (κ2) is 9.29. The van der Waals surface area contributed by atoms with Gasteiger partial charge < -0.3 is 14.4 Å². The van der Waals surface area contributed by atoms with Crippen LogP contribution in [0, 0.1) is 5.92 Å². The fraction of sp³-hybridized carbons (Fsp3) is 0.455. The van der Waals surface area contributed by atoms with Gasteiger partial charge in [0.1, 0.15) is 18.1 Å². The highest BCUT2D eigenvalue weighted by Crippen LogP contribution is 2.33. The molecule has 0 aromatic heterocycles. The molecular formula is C22H28ClNO2. The van der Waals surface area contributed by atoms with E-state index in [1.165, 1.54) is 37.9 Å². The SMILES string of the molecule is Cl.c1ccc(COc2ccc(OCCC3CC4CCN3CC4)cc2)cc1. The second-order valence-corrected chi connectivity index (χ2v) is 7.25. The zero-order valence-electron chi connectivity index (χ0n) is 15.2. The predicted octanol–water partition coefficient (Wildman–Crippen LogP) is 4.94. The van der Waals surface area contributed by atoms with E-state index < -0.39 is 0 Å². The summed E-state index contributed by atoms with van der Waals surface area (Å²) in [6, 6.07) is 19.0. The van der Waals surface area contributed by atoms with Gasteiger partial charge in [-0.15, -0.1) is 12.4 Å². The van der Waals surface area contributed by atoms with Gasteiger partial charge in [-0.05, 0) is 74.5 Å². The Morgan fingerprint density at radius 2 is 1.50 bits per heavy atom. The maximum atomic E-state index is 5.95. The third kappa shape index (κ3) is 4.93. The van der Waals surface area contributed by atoms with Crippen LogP contribution in [-0.4, -0.2) is 30.6 Å². The van der Waals surface area contributed by atoms with E-state index in [2.05, 4.69) is 17.0 Å². The van der Waals surface area contributed by atoms with E-state index in [9.17, 15) is 0 Å². The fourth-order valence-corrected chi connectivity index (χ4v) is 4.07. The number of hydrogen-bond donors (Lipinski definition) is 0. The van der Waals surface area contributed by atoms with Gasteiger partial charge in [0.25, 0.3) is 0 Å². The molecule has 3 fully saturated rings. The minimum atomic E-state index is 0. The molecule has 0 radical (unpaired) electrons. The highest BCUT2D eigenvalue weighted by molar-refractivity contribution is 5.85. The maximum Gasteiger partial charge on any atom is 0.120 e. The lowest BCUT2D eigenvalue weighted by molar-refractivity contribution is 0.0380. The van der Waals surface area contributed by atoms with Crippen LogP contribution in [0.4, 0.5) is 0 Å². The molecule has 0 amide bonds. The molecule has 1 atom stereocenters. The van der Waals surface area contributed by atoms with E-state index in [1.807, 2.05) is 42.5 Å². The number of hydrogen-bond acceptors (Lipinski definition) is 3. The summed E-state index contributed by atoms with van der Waals surface area (Å²) in [6.07, 6.45) is 5.32. The van der Waals surface area contributed by atoms with Gasteiger partial charge >= 0.3 is 0 Å². The molecule has 0 spiro atoms. The molecule has 5 rings (SSSR count). The number of piperidine rings is 3. The predicted molar refractivity (Wildman–Crippen MR) is 107 cm³/mol. The van der Waals surface area contributed by atoms with Crippen LogP contribution in [0.5, 0.6) is 11.5 Å². The van der Waals surface area contributed by atoms with Gasteiger partial charge in [0.2, 0.25) is 0 Å². The molecule has 0 N–H and O–H groups in total. The first kappa shape index (κ1) is 19.1. The van der Waals surface area contributed by atoms with E-state index in [0.717, 1.165) is 36.5 Å². The monoisotopic (exact) mass is 373 g/mol. The van der Waals surface area contributed by atoms with Crippen molar-refractivity contribution in [3.8, 4) is 11.5 Å². The number of halogens is 1. The minimum absolute atomic E-state index is 0. The average molecular weight is 374 g/mol. The highest BCUT2D eigenvalue weighted by Gasteiger charge is 2.32. The standard InChI is InChI=1S/C22H27NO2.ClH/c1-2-4-19(5-3-1)17-25-22-8-6-21(7-9-22)24-15-12-20-16-18-10-13-23(20)14-11-18;/h1-9,18,20H,10-17H2;1H. The van der Waals surface area contributed by atoms with Gasteiger partial charge in [0.15, 0.2) is 0 Å². The third-order valence-electron chi connectivity index (χ3n) is 5.56. The summed E-state index contributed by atoms with van der Waals surface area (Å²) in [4.78, 5) is 2.66. The van der Waals surface area contributed by atoms with Gasteiger partial charge in [-0.3, -0.25) is 0 Å². The van der Waals surface area contributed by atoms with E-state index in [0.29, 0.717) is 6.61 Å². The molecule has 0 aliphatic carbocycles. The summed E-state index contributed by atoms with van der Waals surface area (Å²) in [7, 11) is 0. The summed E-state index contributed by atoms with van der Waals surface area (Å²) < 4.78 is 11.8. The zero-order chi connectivity index (χ0) is 16.9. The molecule has 140 valence electrons. The van der Waals surface area contributed by atoms with Crippen LogP contribution in [0.3, 0.4) is 0 Å². The van der Waals surface area contributed by atoms with E-state index in [1.54, 1.807) is 0 Å². The topological polar surface area (TPSA) is 21.7 Å². The Balaban J connectivity index is 0.00000196. The van der Waals surface area contributed by atoms with Gasteiger partial charge in [-0.25, -0.2) is 0 Å². The van der Waals surface area contributed by atoms with Gasteiger partial charge in [-0.2, -0.15) is 0 Å². The first-order chi connectivity index (χ1) is 12.4. The summed E-state index contributed by atoms with van der Waals surface area (Å²) >= 11 is 0. The molecule has 2 bridgehead atoms. The van der Waals surface area contributed by atoms with Gasteiger partial charge in [0.05, 0.1) is 6.61 Å². The Hall–Kier alpha value is -1.71. The smallest absolute Gasteiger partial charge is 0.120 e. The molecule has 3 aliphatic heterocycles. The quantitative estimate of drug-likeness (QED) is 0.686. The van der Waals surface area contributed by atoms with Crippen molar-refractivity contribution in [1.82, 2.24) is 4.90 Å². The molecule has 3 aliphatic rings. The summed E-state index contributed by atoms with van der Waals surface area (Å²) in [6.45, 7) is 3.99. The first-order valence-corrected chi connectivity index (χ1v) is 9.50. The van der Waals surface area contributed by atoms with Crippen LogP contribution in [0.2, 0.25) is 0 Å². The van der Waals surface area contributed by atoms with E-state index in [4.69, 9.17) is 9.47 Å². The second-order valence-electron chi connectivity index (χ2n) is 7.25. The normalized spacial score (nSPS) is 23.9. The lowest BCUT2D eigenvalue weighted by atomic mass is 9.82. The van der Waals surface area contributed by atoms with Crippen LogP contribution in [0.1, 0.15) is 31.2 Å². The van der Waals surface area contributed by atoms with Crippen LogP contribution in [0.15, 0.2) is 54.6 Å². The Bertz CT molecular complexity index is 654. The molecular weight excluding hydrogens is 346 g/mol. The molecule has 4 heteroatoms. The molecule has 3 heterocycles. The van der Waals surface area contributed by atoms with Crippen molar-refractivity contribution in [3.05, 3.63) is 60.2 Å². The lowest BCUT2D eigenvalue weighted by Crippen LogP contribution is -2.49. The molecule has 3 saturated heterocycles. The Morgan fingerprint density at radius 3 is 2.12 bits per heavy atom. The highest BCUT2D eigenvalue weighted by atomic mass is 35.5. The third-order valence-corrected chi connectivity index (χ3v) is 5.56. The fourth-order valence-electron chi connectivity index (χ4n) is 4.07. The van der Waals surface area contributed by atoms with E-state index >= 15 is 0 Å². The Labute approximate surface area is 162 Å². The summed E-state index contributed by atoms with van der Waals surface area (Å²) in [5, 5.41) is 0. The number of benzene rings is 2. The molecule has 2 aromatic carbocycles. The van der Waals surface area contributed by atoms with E-state index in [-0.39, 0.29) is 12.4 Å². The van der Waals surface area contributed by atoms with Crippen LogP contribution in [-0.2, 0) is 6.61 Å². The van der Waals surface area contributed by atoms with Gasteiger partial charge in [0, 0.05) is 6.04 Å². The average Bonchev–Trinajstić information content (AvgIpc) is 2.69. The zero-order valence-corrected chi connectivity index (χ0v) is 16.0. The summed E-state index contributed by atoms with van der Waals surface area (Å²) in [5.41, 5.74) is 1.18. The van der Waals surface area contributed by atoms with Crippen molar-refractivity contribution in [2.75, 3.05) is 19.7 Å². The lowest BCUT2D eigenvalue weighted by Gasteiger charge is -2.45. The van der Waals surface area contributed by atoms with Crippen LogP contribution < -0.4 is 9.47 Å². The van der Waals surface area contributed by atoms with Crippen molar-refractivity contribution in [2.24, 2.45) is 5.92 Å².